The van der Waals surface area contributed by atoms with Crippen LogP contribution in [0, 0.1) is 0 Å². The molecular weight excluding hydrogens is 384 g/mol. The highest BCUT2D eigenvalue weighted by Gasteiger charge is 2.19. The van der Waals surface area contributed by atoms with Crippen LogP contribution in [-0.4, -0.2) is 64.1 Å². The molecule has 2 aromatic heterocycles. The van der Waals surface area contributed by atoms with Gasteiger partial charge in [-0.1, -0.05) is 24.3 Å². The molecule has 0 bridgehead atoms. The number of benzene rings is 1. The van der Waals surface area contributed by atoms with Crippen LogP contribution in [0.25, 0.3) is 5.65 Å². The first-order valence-electron chi connectivity index (χ1n) is 9.86. The highest BCUT2D eigenvalue weighted by Crippen LogP contribution is 2.18. The van der Waals surface area contributed by atoms with Crippen LogP contribution in [-0.2, 0) is 17.7 Å². The largest absolute Gasteiger partial charge is 0.465 e. The van der Waals surface area contributed by atoms with Gasteiger partial charge < -0.3 is 19.6 Å². The number of esters is 1. The number of imidazole rings is 1. The Kier molecular flexibility index (Phi) is 5.78. The maximum Gasteiger partial charge on any atom is 0.339 e. The van der Waals surface area contributed by atoms with E-state index in [4.69, 9.17) is 4.74 Å². The van der Waals surface area contributed by atoms with Crippen molar-refractivity contribution in [3.8, 4) is 0 Å². The molecule has 0 spiro atoms. The lowest BCUT2D eigenvalue weighted by Gasteiger charge is -2.30. The summed E-state index contributed by atoms with van der Waals surface area (Å²) >= 11 is 0. The third-order valence-electron chi connectivity index (χ3n) is 5.28. The minimum atomic E-state index is -0.679. The van der Waals surface area contributed by atoms with Crippen LogP contribution in [0.4, 0.5) is 0 Å². The molecule has 1 aromatic carbocycles. The van der Waals surface area contributed by atoms with Crippen molar-refractivity contribution in [2.75, 3.05) is 26.7 Å². The van der Waals surface area contributed by atoms with Gasteiger partial charge in [0.25, 0.3) is 5.91 Å². The van der Waals surface area contributed by atoms with E-state index in [1.54, 1.807) is 28.9 Å². The van der Waals surface area contributed by atoms with Gasteiger partial charge in [-0.25, -0.2) is 9.78 Å². The van der Waals surface area contributed by atoms with Gasteiger partial charge in [-0.3, -0.25) is 9.69 Å². The lowest BCUT2D eigenvalue weighted by Crippen LogP contribution is -2.42. The Morgan fingerprint density at radius 3 is 2.80 bits per heavy atom. The summed E-state index contributed by atoms with van der Waals surface area (Å²) in [6, 6.07) is 11.6. The van der Waals surface area contributed by atoms with Crippen molar-refractivity contribution in [3.05, 3.63) is 71.2 Å². The standard InChI is InChI=1S/C22H24N4O4/c1-30-22(29)17-6-7-20-24-19(14-26(20)12-17)21(28)23-10-18(27)13-25-9-8-15-4-2-3-5-16(15)11-25/h2-7,12,14,18,27H,8-11,13H2,1H3,(H,23,28). The molecule has 1 unspecified atom stereocenters. The number of amides is 1. The molecular formula is C22H24N4O4. The smallest absolute Gasteiger partial charge is 0.339 e. The van der Waals surface area contributed by atoms with Gasteiger partial charge in [-0.2, -0.15) is 0 Å². The van der Waals surface area contributed by atoms with E-state index in [1.807, 2.05) is 6.07 Å². The summed E-state index contributed by atoms with van der Waals surface area (Å²) in [5, 5.41) is 13.1. The van der Waals surface area contributed by atoms with Crippen LogP contribution in [0.3, 0.4) is 0 Å². The van der Waals surface area contributed by atoms with E-state index in [0.717, 1.165) is 19.5 Å². The summed E-state index contributed by atoms with van der Waals surface area (Å²) in [7, 11) is 1.31. The van der Waals surface area contributed by atoms with Gasteiger partial charge in [-0.15, -0.1) is 0 Å². The molecule has 0 aliphatic carbocycles. The van der Waals surface area contributed by atoms with E-state index in [9.17, 15) is 14.7 Å². The number of aromatic nitrogens is 2. The Labute approximate surface area is 174 Å². The summed E-state index contributed by atoms with van der Waals surface area (Å²) in [4.78, 5) is 30.5. The molecule has 1 aliphatic heterocycles. The molecule has 0 fully saturated rings. The highest BCUT2D eigenvalue weighted by molar-refractivity contribution is 5.93. The van der Waals surface area contributed by atoms with E-state index in [2.05, 4.69) is 33.4 Å². The van der Waals surface area contributed by atoms with E-state index < -0.39 is 12.1 Å². The van der Waals surface area contributed by atoms with Crippen LogP contribution in [0.2, 0.25) is 0 Å². The molecule has 30 heavy (non-hydrogen) atoms. The fourth-order valence-electron chi connectivity index (χ4n) is 3.71. The molecule has 8 nitrogen and oxygen atoms in total. The normalized spacial score (nSPS) is 14.9. The average molecular weight is 408 g/mol. The maximum atomic E-state index is 12.4. The van der Waals surface area contributed by atoms with Crippen molar-refractivity contribution < 1.29 is 19.4 Å². The van der Waals surface area contributed by atoms with Crippen molar-refractivity contribution >= 4 is 17.5 Å². The highest BCUT2D eigenvalue weighted by atomic mass is 16.5. The Hall–Kier alpha value is -3.23. The van der Waals surface area contributed by atoms with Crippen molar-refractivity contribution in [2.45, 2.75) is 19.1 Å². The van der Waals surface area contributed by atoms with Crippen LogP contribution >= 0.6 is 0 Å². The molecule has 156 valence electrons. The number of nitrogens with zero attached hydrogens (tertiary/aromatic N) is 3. The predicted octanol–water partition coefficient (Wildman–Crippen LogP) is 1.27. The van der Waals surface area contributed by atoms with Crippen molar-refractivity contribution in [1.29, 1.82) is 0 Å². The van der Waals surface area contributed by atoms with Gasteiger partial charge >= 0.3 is 5.97 Å². The van der Waals surface area contributed by atoms with Crippen LogP contribution in [0.5, 0.6) is 0 Å². The molecule has 2 N–H and O–H groups in total. The van der Waals surface area contributed by atoms with E-state index in [-0.39, 0.29) is 18.1 Å². The minimum absolute atomic E-state index is 0.137. The number of pyridine rings is 1. The second kappa shape index (κ2) is 8.64. The van der Waals surface area contributed by atoms with Crippen molar-refractivity contribution in [1.82, 2.24) is 19.6 Å². The van der Waals surface area contributed by atoms with E-state index in [1.165, 1.54) is 18.2 Å². The Morgan fingerprint density at radius 1 is 1.20 bits per heavy atom. The third kappa shape index (κ3) is 4.34. The summed E-state index contributed by atoms with van der Waals surface area (Å²) in [5.74, 6) is -0.832. The van der Waals surface area contributed by atoms with E-state index >= 15 is 0 Å². The topological polar surface area (TPSA) is 96.2 Å². The van der Waals surface area contributed by atoms with Gasteiger partial charge in [-0.05, 0) is 29.7 Å². The number of aliphatic hydroxyl groups excluding tert-OH is 1. The summed E-state index contributed by atoms with van der Waals surface area (Å²) < 4.78 is 6.30. The van der Waals surface area contributed by atoms with Gasteiger partial charge in [0.2, 0.25) is 0 Å². The summed E-state index contributed by atoms with van der Waals surface area (Å²) in [6.07, 6.45) is 3.39. The molecule has 3 aromatic rings. The molecule has 3 heterocycles. The lowest BCUT2D eigenvalue weighted by molar-refractivity contribution is 0.0600. The summed E-state index contributed by atoms with van der Waals surface area (Å²) in [6.45, 7) is 2.31. The first-order chi connectivity index (χ1) is 14.5. The minimum Gasteiger partial charge on any atom is -0.465 e. The second-order valence-electron chi connectivity index (χ2n) is 7.42. The molecule has 0 radical (unpaired) electrons. The number of ether oxygens (including phenoxy) is 1. The first-order valence-corrected chi connectivity index (χ1v) is 9.86. The maximum absolute atomic E-state index is 12.4. The van der Waals surface area contributed by atoms with Crippen molar-refractivity contribution in [3.63, 3.8) is 0 Å². The molecule has 8 heteroatoms. The number of hydrogen-bond donors (Lipinski definition) is 2. The predicted molar refractivity (Wildman–Crippen MR) is 110 cm³/mol. The average Bonchev–Trinajstić information content (AvgIpc) is 3.20. The fraction of sp³-hybridized carbons (Fsp3) is 0.318. The number of carbonyl (C=O) groups excluding carboxylic acids is 2. The number of hydrogen-bond acceptors (Lipinski definition) is 6. The molecule has 1 aliphatic rings. The van der Waals surface area contributed by atoms with Crippen molar-refractivity contribution in [2.24, 2.45) is 0 Å². The lowest BCUT2D eigenvalue weighted by atomic mass is 10.00. The molecule has 4 rings (SSSR count). The quantitative estimate of drug-likeness (QED) is 0.597. The zero-order valence-corrected chi connectivity index (χ0v) is 16.7. The third-order valence-corrected chi connectivity index (χ3v) is 5.28. The number of carbonyl (C=O) groups is 2. The number of fused-ring (bicyclic) bond motifs is 2. The zero-order valence-electron chi connectivity index (χ0n) is 16.7. The number of rotatable bonds is 6. The molecule has 0 saturated carbocycles. The first kappa shape index (κ1) is 20.1. The van der Waals surface area contributed by atoms with Gasteiger partial charge in [0, 0.05) is 38.6 Å². The Morgan fingerprint density at radius 2 is 2.00 bits per heavy atom. The number of aliphatic hydroxyl groups is 1. The molecule has 0 saturated heterocycles. The van der Waals surface area contributed by atoms with Gasteiger partial charge in [0.1, 0.15) is 11.3 Å². The van der Waals surface area contributed by atoms with Crippen LogP contribution in [0.15, 0.2) is 48.8 Å². The number of methoxy groups -OCH3 is 1. The van der Waals surface area contributed by atoms with Crippen LogP contribution < -0.4 is 5.32 Å². The monoisotopic (exact) mass is 408 g/mol. The van der Waals surface area contributed by atoms with Gasteiger partial charge in [0.15, 0.2) is 0 Å². The molecule has 1 amide bonds. The number of nitrogens with one attached hydrogen (secondary N) is 1. The number of β-amino-alcohol motifs (C(OH)–C–C–N with tert-alkyl or cyclic N) is 1. The van der Waals surface area contributed by atoms with Crippen LogP contribution in [0.1, 0.15) is 32.0 Å². The van der Waals surface area contributed by atoms with Gasteiger partial charge in [0.05, 0.1) is 18.8 Å². The second-order valence-corrected chi connectivity index (χ2v) is 7.42. The Balaban J connectivity index is 1.32. The molecule has 1 atom stereocenters. The fourth-order valence-corrected chi connectivity index (χ4v) is 3.71. The SMILES string of the molecule is COC(=O)c1ccc2nc(C(=O)NCC(O)CN3CCc4ccccc4C3)cn2c1. The van der Waals surface area contributed by atoms with E-state index in [0.29, 0.717) is 17.8 Å². The zero-order chi connectivity index (χ0) is 21.1. The Bertz CT molecular complexity index is 1080. The summed E-state index contributed by atoms with van der Waals surface area (Å²) in [5.41, 5.74) is 3.78.